The molecule has 0 unspecified atom stereocenters. The average molecular weight is 474 g/mol. The molecule has 1 aliphatic rings. The summed E-state index contributed by atoms with van der Waals surface area (Å²) < 4.78 is 25.6. The molecule has 0 radical (unpaired) electrons. The minimum Gasteiger partial charge on any atom is -0.490 e. The summed E-state index contributed by atoms with van der Waals surface area (Å²) in [5.41, 5.74) is 0.610. The van der Waals surface area contributed by atoms with Gasteiger partial charge in [0.25, 0.3) is 5.91 Å². The number of nitrogens with one attached hydrogen (secondary N) is 1. The number of aliphatic carboxylic acids is 1. The Kier molecular flexibility index (Phi) is 8.50. The molecule has 1 saturated carbocycles. The van der Waals surface area contributed by atoms with E-state index in [2.05, 4.69) is 12.2 Å². The van der Waals surface area contributed by atoms with E-state index in [4.69, 9.17) is 14.6 Å². The Balaban J connectivity index is 1.74. The van der Waals surface area contributed by atoms with E-state index in [0.717, 1.165) is 17.2 Å². The number of benzene rings is 2. The maximum absolute atomic E-state index is 14.7. The Hall–Kier alpha value is -3.13. The highest BCUT2D eigenvalue weighted by atomic mass is 19.1. The van der Waals surface area contributed by atoms with E-state index >= 15 is 0 Å². The van der Waals surface area contributed by atoms with Gasteiger partial charge in [-0.15, -0.1) is 0 Å². The minimum absolute atomic E-state index is 0.0301. The molecule has 184 valence electrons. The number of halogens is 1. The van der Waals surface area contributed by atoms with Crippen molar-refractivity contribution in [1.82, 2.24) is 5.32 Å². The van der Waals surface area contributed by atoms with Crippen molar-refractivity contribution >= 4 is 11.9 Å². The van der Waals surface area contributed by atoms with E-state index in [-0.39, 0.29) is 30.3 Å². The van der Waals surface area contributed by atoms with E-state index in [1.807, 2.05) is 24.3 Å². The van der Waals surface area contributed by atoms with Gasteiger partial charge in [-0.3, -0.25) is 4.79 Å². The highest BCUT2D eigenvalue weighted by molar-refractivity contribution is 5.98. The predicted molar refractivity (Wildman–Crippen MR) is 125 cm³/mol. The number of rotatable bonds is 10. The number of amides is 1. The normalized spacial score (nSPS) is 19.9. The van der Waals surface area contributed by atoms with Crippen LogP contribution >= 0.6 is 0 Å². The van der Waals surface area contributed by atoms with Crippen molar-refractivity contribution in [3.63, 3.8) is 0 Å². The van der Waals surface area contributed by atoms with Crippen LogP contribution in [-0.4, -0.2) is 48.0 Å². The van der Waals surface area contributed by atoms with Crippen LogP contribution in [0.3, 0.4) is 0 Å². The van der Waals surface area contributed by atoms with E-state index in [1.165, 1.54) is 13.2 Å². The number of carbonyl (C=O) groups is 2. The van der Waals surface area contributed by atoms with Crippen LogP contribution in [-0.2, 0) is 17.6 Å². The Bertz CT molecular complexity index is 1020. The standard InChI is InChI=1S/C26H32FNO6/c1-17-6-10-26(11-7-17,25(31)32)28-24(30)20-15-21(27)23(33-2)22(16-20)34-13-9-19-5-3-4-18(14-19)8-12-29/h3-5,14-17,29H,6-13H2,1-2H3,(H,28,30)(H,31,32). The van der Waals surface area contributed by atoms with Crippen LogP contribution in [0.5, 0.6) is 11.5 Å². The van der Waals surface area contributed by atoms with Gasteiger partial charge in [0.05, 0.1) is 13.7 Å². The zero-order chi connectivity index (χ0) is 24.7. The quantitative estimate of drug-likeness (QED) is 0.485. The van der Waals surface area contributed by atoms with E-state index in [9.17, 15) is 19.1 Å². The lowest BCUT2D eigenvalue weighted by Gasteiger charge is -2.36. The number of methoxy groups -OCH3 is 1. The molecule has 0 bridgehead atoms. The zero-order valence-electron chi connectivity index (χ0n) is 19.6. The molecule has 1 fully saturated rings. The van der Waals surface area contributed by atoms with Gasteiger partial charge < -0.3 is 25.0 Å². The van der Waals surface area contributed by atoms with Crippen LogP contribution in [0, 0.1) is 11.7 Å². The number of ether oxygens (including phenoxy) is 2. The van der Waals surface area contributed by atoms with Crippen LogP contribution < -0.4 is 14.8 Å². The van der Waals surface area contributed by atoms with Gasteiger partial charge in [-0.25, -0.2) is 9.18 Å². The van der Waals surface area contributed by atoms with Gasteiger partial charge in [0.1, 0.15) is 5.54 Å². The molecule has 0 heterocycles. The third-order valence-electron chi connectivity index (χ3n) is 6.41. The number of carbonyl (C=O) groups excluding carboxylic acids is 1. The van der Waals surface area contributed by atoms with Crippen molar-refractivity contribution in [2.24, 2.45) is 5.92 Å². The lowest BCUT2D eigenvalue weighted by Crippen LogP contribution is -2.56. The number of aliphatic hydroxyl groups excluding tert-OH is 1. The maximum atomic E-state index is 14.7. The fourth-order valence-corrected chi connectivity index (χ4v) is 4.29. The second kappa shape index (κ2) is 11.3. The molecule has 1 amide bonds. The lowest BCUT2D eigenvalue weighted by atomic mass is 9.77. The van der Waals surface area contributed by atoms with Crippen molar-refractivity contribution in [2.45, 2.75) is 51.0 Å². The average Bonchev–Trinajstić information content (AvgIpc) is 2.81. The summed E-state index contributed by atoms with van der Waals surface area (Å²) in [5, 5.41) is 21.5. The molecule has 3 rings (SSSR count). The molecule has 0 atom stereocenters. The molecular weight excluding hydrogens is 441 g/mol. The predicted octanol–water partition coefficient (Wildman–Crippen LogP) is 3.75. The van der Waals surface area contributed by atoms with Gasteiger partial charge in [0.2, 0.25) is 0 Å². The van der Waals surface area contributed by atoms with Crippen molar-refractivity contribution < 1.29 is 33.7 Å². The third-order valence-corrected chi connectivity index (χ3v) is 6.41. The zero-order valence-corrected chi connectivity index (χ0v) is 19.6. The van der Waals surface area contributed by atoms with Crippen LogP contribution in [0.25, 0.3) is 0 Å². The molecule has 1 aliphatic carbocycles. The first-order valence-corrected chi connectivity index (χ1v) is 11.5. The second-order valence-electron chi connectivity index (χ2n) is 8.91. The van der Waals surface area contributed by atoms with Crippen molar-refractivity contribution in [3.8, 4) is 11.5 Å². The van der Waals surface area contributed by atoms with Crippen LogP contribution in [0.2, 0.25) is 0 Å². The van der Waals surface area contributed by atoms with Gasteiger partial charge in [0.15, 0.2) is 17.3 Å². The fourth-order valence-electron chi connectivity index (χ4n) is 4.29. The molecule has 0 aromatic heterocycles. The van der Waals surface area contributed by atoms with Crippen LogP contribution in [0.15, 0.2) is 36.4 Å². The van der Waals surface area contributed by atoms with Gasteiger partial charge in [-0.1, -0.05) is 31.2 Å². The fraction of sp³-hybridized carbons (Fsp3) is 0.462. The monoisotopic (exact) mass is 473 g/mol. The first kappa shape index (κ1) is 25.5. The van der Waals surface area contributed by atoms with E-state index in [0.29, 0.717) is 44.4 Å². The number of carboxylic acid groups (broad SMARTS) is 1. The molecule has 0 aliphatic heterocycles. The summed E-state index contributed by atoms with van der Waals surface area (Å²) in [6.07, 6.45) is 3.12. The van der Waals surface area contributed by atoms with Crippen LogP contribution in [0.1, 0.15) is 54.1 Å². The third kappa shape index (κ3) is 6.05. The Labute approximate surface area is 198 Å². The van der Waals surface area contributed by atoms with E-state index < -0.39 is 23.2 Å². The Morgan fingerprint density at radius 2 is 1.82 bits per heavy atom. The van der Waals surface area contributed by atoms with Gasteiger partial charge in [-0.2, -0.15) is 0 Å². The molecule has 2 aromatic rings. The largest absolute Gasteiger partial charge is 0.490 e. The summed E-state index contributed by atoms with van der Waals surface area (Å²) in [7, 11) is 1.31. The molecular formula is C26H32FNO6. The number of carboxylic acids is 1. The molecule has 0 saturated heterocycles. The molecule has 7 nitrogen and oxygen atoms in total. The topological polar surface area (TPSA) is 105 Å². The molecule has 8 heteroatoms. The van der Waals surface area contributed by atoms with Crippen molar-refractivity contribution in [3.05, 3.63) is 58.9 Å². The smallest absolute Gasteiger partial charge is 0.329 e. The molecule has 2 aromatic carbocycles. The molecule has 0 spiro atoms. The summed E-state index contributed by atoms with van der Waals surface area (Å²) >= 11 is 0. The first-order valence-electron chi connectivity index (χ1n) is 11.5. The maximum Gasteiger partial charge on any atom is 0.329 e. The van der Waals surface area contributed by atoms with Gasteiger partial charge in [-0.05, 0) is 61.3 Å². The van der Waals surface area contributed by atoms with Crippen molar-refractivity contribution in [2.75, 3.05) is 20.3 Å². The van der Waals surface area contributed by atoms with Gasteiger partial charge >= 0.3 is 5.97 Å². The SMILES string of the molecule is COc1c(F)cc(C(=O)NC2(C(=O)O)CCC(C)CC2)cc1OCCc1cccc(CCO)c1. The molecule has 34 heavy (non-hydrogen) atoms. The lowest BCUT2D eigenvalue weighted by molar-refractivity contribution is -0.146. The summed E-state index contributed by atoms with van der Waals surface area (Å²) in [4.78, 5) is 24.9. The number of hydrogen-bond acceptors (Lipinski definition) is 5. The molecule has 3 N–H and O–H groups in total. The van der Waals surface area contributed by atoms with Crippen molar-refractivity contribution in [1.29, 1.82) is 0 Å². The summed E-state index contributed by atoms with van der Waals surface area (Å²) in [5.74, 6) is -2.17. The van der Waals surface area contributed by atoms with Crippen LogP contribution in [0.4, 0.5) is 4.39 Å². The summed E-state index contributed by atoms with van der Waals surface area (Å²) in [6.45, 7) is 2.33. The Morgan fingerprint density at radius 3 is 2.44 bits per heavy atom. The first-order chi connectivity index (χ1) is 16.3. The highest BCUT2D eigenvalue weighted by Gasteiger charge is 2.42. The van der Waals surface area contributed by atoms with E-state index in [1.54, 1.807) is 0 Å². The number of aliphatic hydroxyl groups is 1. The summed E-state index contributed by atoms with van der Waals surface area (Å²) in [6, 6.07) is 10.1. The second-order valence-corrected chi connectivity index (χ2v) is 8.91. The highest BCUT2D eigenvalue weighted by Crippen LogP contribution is 2.34. The number of hydrogen-bond donors (Lipinski definition) is 3. The van der Waals surface area contributed by atoms with Gasteiger partial charge in [0, 0.05) is 18.6 Å². The Morgan fingerprint density at radius 1 is 1.15 bits per heavy atom. The minimum atomic E-state index is -1.36.